The van der Waals surface area contributed by atoms with Gasteiger partial charge < -0.3 is 31.1 Å². The summed E-state index contributed by atoms with van der Waals surface area (Å²) in [6.07, 6.45) is -0.304. The Labute approximate surface area is 239 Å². The van der Waals surface area contributed by atoms with Gasteiger partial charge in [0.2, 0.25) is 11.8 Å². The van der Waals surface area contributed by atoms with E-state index in [0.717, 1.165) is 16.3 Å². The van der Waals surface area contributed by atoms with Crippen LogP contribution in [0.25, 0.3) is 10.8 Å². The van der Waals surface area contributed by atoms with Crippen molar-refractivity contribution in [3.05, 3.63) is 77.9 Å². The Morgan fingerprint density at radius 1 is 0.829 bits per heavy atom. The highest BCUT2D eigenvalue weighted by molar-refractivity contribution is 6.01. The van der Waals surface area contributed by atoms with Crippen LogP contribution in [-0.4, -0.2) is 60.6 Å². The summed E-state index contributed by atoms with van der Waals surface area (Å²) in [5.74, 6) is -2.07. The monoisotopic (exact) mass is 562 g/mol. The number of rotatable bonds is 14. The first-order chi connectivity index (χ1) is 19.6. The fraction of sp³-hybridized carbons (Fsp3) is 0.355. The van der Waals surface area contributed by atoms with Gasteiger partial charge in [-0.25, -0.2) is 0 Å². The van der Waals surface area contributed by atoms with Gasteiger partial charge in [0.05, 0.1) is 19.6 Å². The molecule has 0 saturated carbocycles. The molecule has 10 heteroatoms. The number of carboxylic acids is 1. The molecule has 0 saturated heterocycles. The highest BCUT2D eigenvalue weighted by atomic mass is 16.5. The van der Waals surface area contributed by atoms with Crippen LogP contribution in [0.4, 0.5) is 0 Å². The lowest BCUT2D eigenvalue weighted by Crippen LogP contribution is -2.56. The van der Waals surface area contributed by atoms with E-state index >= 15 is 0 Å². The minimum Gasteiger partial charge on any atom is -0.496 e. The van der Waals surface area contributed by atoms with Gasteiger partial charge in [0.25, 0.3) is 5.91 Å². The Morgan fingerprint density at radius 2 is 1.51 bits per heavy atom. The van der Waals surface area contributed by atoms with Crippen LogP contribution in [0.2, 0.25) is 0 Å². The summed E-state index contributed by atoms with van der Waals surface area (Å²) < 4.78 is 5.33. The zero-order chi connectivity index (χ0) is 29.9. The highest BCUT2D eigenvalue weighted by Crippen LogP contribution is 2.17. The first-order valence-electron chi connectivity index (χ1n) is 13.5. The fourth-order valence-corrected chi connectivity index (χ4v) is 4.40. The molecule has 218 valence electrons. The van der Waals surface area contributed by atoms with Gasteiger partial charge in [-0.2, -0.15) is 0 Å². The van der Waals surface area contributed by atoms with Crippen LogP contribution in [0, 0.1) is 5.92 Å². The van der Waals surface area contributed by atoms with Crippen molar-refractivity contribution in [3.63, 3.8) is 0 Å². The molecule has 0 spiro atoms. The van der Waals surface area contributed by atoms with Gasteiger partial charge in [-0.3, -0.25) is 19.2 Å². The second-order valence-corrected chi connectivity index (χ2v) is 10.2. The molecule has 3 rings (SSSR count). The van der Waals surface area contributed by atoms with Crippen molar-refractivity contribution in [3.8, 4) is 5.75 Å². The predicted octanol–water partition coefficient (Wildman–Crippen LogP) is 2.86. The van der Waals surface area contributed by atoms with Crippen LogP contribution in [-0.2, 0) is 20.9 Å². The van der Waals surface area contributed by atoms with Crippen molar-refractivity contribution in [1.29, 1.82) is 0 Å². The molecule has 3 aromatic rings. The van der Waals surface area contributed by atoms with Crippen LogP contribution in [0.1, 0.15) is 43.1 Å². The molecule has 5 N–H and O–H groups in total. The van der Waals surface area contributed by atoms with Crippen molar-refractivity contribution in [1.82, 2.24) is 21.3 Å². The summed E-state index contributed by atoms with van der Waals surface area (Å²) in [5.41, 5.74) is 1.31. The molecular weight excluding hydrogens is 524 g/mol. The summed E-state index contributed by atoms with van der Waals surface area (Å²) in [6, 6.07) is 17.8. The van der Waals surface area contributed by atoms with E-state index in [4.69, 9.17) is 4.74 Å². The quantitative estimate of drug-likeness (QED) is 0.203. The molecule has 0 heterocycles. The van der Waals surface area contributed by atoms with E-state index in [1.807, 2.05) is 54.6 Å². The molecule has 10 nitrogen and oxygen atoms in total. The number of para-hydroxylation sites is 1. The average molecular weight is 563 g/mol. The minimum atomic E-state index is -1.07. The number of hydrogen-bond donors (Lipinski definition) is 5. The van der Waals surface area contributed by atoms with Gasteiger partial charge in [-0.15, -0.1) is 0 Å². The smallest absolute Gasteiger partial charge is 0.305 e. The summed E-state index contributed by atoms with van der Waals surface area (Å²) in [7, 11) is 1.57. The Kier molecular flexibility index (Phi) is 11.2. The maximum Gasteiger partial charge on any atom is 0.305 e. The third kappa shape index (κ3) is 9.04. The van der Waals surface area contributed by atoms with E-state index in [2.05, 4.69) is 21.3 Å². The van der Waals surface area contributed by atoms with E-state index in [1.54, 1.807) is 33.1 Å². The first kappa shape index (κ1) is 31.1. The summed E-state index contributed by atoms with van der Waals surface area (Å²) in [6.45, 7) is 5.70. The van der Waals surface area contributed by atoms with Crippen molar-refractivity contribution < 1.29 is 29.0 Å². The number of amides is 3. The molecule has 3 atom stereocenters. The average Bonchev–Trinajstić information content (AvgIpc) is 2.95. The van der Waals surface area contributed by atoms with Gasteiger partial charge in [-0.05, 0) is 41.8 Å². The van der Waals surface area contributed by atoms with Crippen LogP contribution in [0.5, 0.6) is 5.75 Å². The number of methoxy groups -OCH3 is 1. The Hall–Kier alpha value is -4.44. The van der Waals surface area contributed by atoms with Crippen molar-refractivity contribution in [2.45, 2.75) is 51.9 Å². The number of carbonyl (C=O) groups excluding carboxylic acids is 3. The third-order valence-electron chi connectivity index (χ3n) is 6.67. The molecule has 0 aliphatic rings. The second kappa shape index (κ2) is 14.8. The van der Waals surface area contributed by atoms with Gasteiger partial charge >= 0.3 is 5.97 Å². The summed E-state index contributed by atoms with van der Waals surface area (Å²) in [4.78, 5) is 50.4. The Bertz CT molecular complexity index is 1380. The largest absolute Gasteiger partial charge is 0.496 e. The molecule has 0 aliphatic heterocycles. The number of aliphatic carboxylic acids is 1. The second-order valence-electron chi connectivity index (χ2n) is 10.2. The van der Waals surface area contributed by atoms with Crippen molar-refractivity contribution in [2.24, 2.45) is 5.92 Å². The molecule has 3 aromatic carbocycles. The number of carboxylic acid groups (broad SMARTS) is 1. The summed E-state index contributed by atoms with van der Waals surface area (Å²) >= 11 is 0. The number of ether oxygens (including phenoxy) is 1. The van der Waals surface area contributed by atoms with E-state index < -0.39 is 41.8 Å². The number of hydrogen-bond acceptors (Lipinski definition) is 6. The Balaban J connectivity index is 1.58. The Morgan fingerprint density at radius 3 is 2.20 bits per heavy atom. The molecule has 0 radical (unpaired) electrons. The molecule has 3 amide bonds. The number of nitrogens with one attached hydrogen (secondary N) is 4. The van der Waals surface area contributed by atoms with Crippen LogP contribution >= 0.6 is 0 Å². The first-order valence-corrected chi connectivity index (χ1v) is 13.5. The molecule has 0 aliphatic carbocycles. The number of benzene rings is 3. The van der Waals surface area contributed by atoms with Gasteiger partial charge in [-0.1, -0.05) is 62.4 Å². The minimum absolute atomic E-state index is 0.188. The zero-order valence-corrected chi connectivity index (χ0v) is 23.8. The summed E-state index contributed by atoms with van der Waals surface area (Å²) in [5, 5.41) is 22.5. The standard InChI is InChI=1S/C31H38N4O6/c1-19(2)28(35-30(39)23-14-13-21-9-5-6-10-22(21)15-23)31(40)33-20(3)29(38)34-25(16-27(36)37)18-32-17-24-11-7-8-12-26(24)41-4/h5-15,19-20,25,28,32H,16-18H2,1-4H3,(H,33,40)(H,34,38)(H,35,39)(H,36,37)/t20-,25-,28-/m0/s1. The topological polar surface area (TPSA) is 146 Å². The lowest BCUT2D eigenvalue weighted by Gasteiger charge is -2.25. The molecule has 0 bridgehead atoms. The molecular formula is C31H38N4O6. The maximum absolute atomic E-state index is 13.1. The normalized spacial score (nSPS) is 13.2. The van der Waals surface area contributed by atoms with E-state index in [1.165, 1.54) is 6.92 Å². The molecule has 41 heavy (non-hydrogen) atoms. The van der Waals surface area contributed by atoms with Crippen molar-refractivity contribution >= 4 is 34.5 Å². The van der Waals surface area contributed by atoms with Gasteiger partial charge in [0.15, 0.2) is 0 Å². The SMILES string of the molecule is COc1ccccc1CNC[C@H](CC(=O)O)NC(=O)[C@H](C)NC(=O)[C@@H](NC(=O)c1ccc2ccccc2c1)C(C)C. The zero-order valence-electron chi connectivity index (χ0n) is 23.8. The maximum atomic E-state index is 13.1. The molecule has 0 aromatic heterocycles. The predicted molar refractivity (Wildman–Crippen MR) is 157 cm³/mol. The van der Waals surface area contributed by atoms with E-state index in [0.29, 0.717) is 17.9 Å². The van der Waals surface area contributed by atoms with Crippen LogP contribution in [0.15, 0.2) is 66.7 Å². The fourth-order valence-electron chi connectivity index (χ4n) is 4.40. The lowest BCUT2D eigenvalue weighted by molar-refractivity contribution is -0.138. The third-order valence-corrected chi connectivity index (χ3v) is 6.67. The number of carbonyl (C=O) groups is 4. The van der Waals surface area contributed by atoms with Gasteiger partial charge in [0.1, 0.15) is 17.8 Å². The van der Waals surface area contributed by atoms with Gasteiger partial charge in [0, 0.05) is 24.2 Å². The van der Waals surface area contributed by atoms with Crippen molar-refractivity contribution in [2.75, 3.05) is 13.7 Å². The number of fused-ring (bicyclic) bond motifs is 1. The van der Waals surface area contributed by atoms with Crippen LogP contribution in [0.3, 0.4) is 0 Å². The molecule has 0 fully saturated rings. The lowest BCUT2D eigenvalue weighted by atomic mass is 10.0. The van der Waals surface area contributed by atoms with E-state index in [9.17, 15) is 24.3 Å². The van der Waals surface area contributed by atoms with Crippen LogP contribution < -0.4 is 26.0 Å². The van der Waals surface area contributed by atoms with E-state index in [-0.39, 0.29) is 18.9 Å². The highest BCUT2D eigenvalue weighted by Gasteiger charge is 2.28. The molecule has 0 unspecified atom stereocenters.